The molecule has 1 unspecified atom stereocenters. The summed E-state index contributed by atoms with van der Waals surface area (Å²) >= 11 is 5.91. The van der Waals surface area contributed by atoms with Crippen molar-refractivity contribution >= 4 is 29.2 Å². The van der Waals surface area contributed by atoms with Crippen LogP contribution in [-0.4, -0.2) is 24.0 Å². The third-order valence-corrected chi connectivity index (χ3v) is 2.75. The highest BCUT2D eigenvalue weighted by molar-refractivity contribution is 6.36. The van der Waals surface area contributed by atoms with Crippen LogP contribution in [0.5, 0.6) is 0 Å². The number of hydrogen-bond acceptors (Lipinski definition) is 4. The number of esters is 1. The topological polar surface area (TPSA) is 81.4 Å². The number of halogens is 1. The third-order valence-electron chi connectivity index (χ3n) is 2.33. The van der Waals surface area contributed by atoms with Crippen molar-refractivity contribution in [3.8, 4) is 0 Å². The molecule has 1 aromatic carbocycles. The van der Waals surface area contributed by atoms with Gasteiger partial charge in [-0.1, -0.05) is 17.7 Å². The molecular weight excluding hydrogens is 268 g/mol. The van der Waals surface area contributed by atoms with Gasteiger partial charge in [-0.25, -0.2) is 4.79 Å². The van der Waals surface area contributed by atoms with Crippen LogP contribution in [0.4, 0.5) is 5.69 Å². The number of nitrogens with one attached hydrogen (secondary N) is 1. The van der Waals surface area contributed by atoms with Crippen molar-refractivity contribution < 1.29 is 14.3 Å². The summed E-state index contributed by atoms with van der Waals surface area (Å²) in [7, 11) is 0. The van der Waals surface area contributed by atoms with Gasteiger partial charge in [-0.3, -0.25) is 4.79 Å². The van der Waals surface area contributed by atoms with Crippen LogP contribution < -0.4 is 11.1 Å². The van der Waals surface area contributed by atoms with Gasteiger partial charge in [-0.05, 0) is 32.9 Å². The quantitative estimate of drug-likeness (QED) is 0.654. The second-order valence-corrected chi connectivity index (χ2v) is 4.80. The minimum absolute atomic E-state index is 0.0235. The number of nitrogen functional groups attached to an aromatic ring is 1. The summed E-state index contributed by atoms with van der Waals surface area (Å²) < 4.78 is 5.04. The van der Waals surface area contributed by atoms with E-state index in [1.165, 1.54) is 13.0 Å². The average molecular weight is 285 g/mol. The Morgan fingerprint density at radius 3 is 2.53 bits per heavy atom. The maximum atomic E-state index is 11.9. The lowest BCUT2D eigenvalue weighted by Crippen LogP contribution is -2.39. The smallest absolute Gasteiger partial charge is 0.340 e. The molecule has 0 saturated heterocycles. The van der Waals surface area contributed by atoms with Crippen LogP contribution in [0.25, 0.3) is 0 Å². The van der Waals surface area contributed by atoms with Crippen LogP contribution >= 0.6 is 11.6 Å². The molecule has 0 heterocycles. The Bertz CT molecular complexity index is 489. The SMILES string of the molecule is CC(C)NC(=O)C(C)OC(=O)c1cccc(N)c1Cl. The van der Waals surface area contributed by atoms with Gasteiger partial charge in [0.15, 0.2) is 6.10 Å². The first-order valence-corrected chi connectivity index (χ1v) is 6.26. The van der Waals surface area contributed by atoms with Crippen LogP contribution in [0.15, 0.2) is 18.2 Å². The number of hydrogen-bond donors (Lipinski definition) is 2. The first-order chi connectivity index (χ1) is 8.82. The van der Waals surface area contributed by atoms with Gasteiger partial charge in [0, 0.05) is 6.04 Å². The van der Waals surface area contributed by atoms with Crippen molar-refractivity contribution in [1.82, 2.24) is 5.32 Å². The molecule has 0 aliphatic carbocycles. The molecular formula is C13H17ClN2O3. The zero-order chi connectivity index (χ0) is 14.6. The Morgan fingerprint density at radius 2 is 1.95 bits per heavy atom. The van der Waals surface area contributed by atoms with E-state index >= 15 is 0 Å². The summed E-state index contributed by atoms with van der Waals surface area (Å²) in [5.74, 6) is -1.04. The van der Waals surface area contributed by atoms with Gasteiger partial charge in [0.2, 0.25) is 0 Å². The van der Waals surface area contributed by atoms with Crippen LogP contribution in [0.1, 0.15) is 31.1 Å². The van der Waals surface area contributed by atoms with E-state index in [2.05, 4.69) is 5.32 Å². The predicted octanol–water partition coefficient (Wildman–Crippen LogP) is 1.99. The first kappa shape index (κ1) is 15.3. The molecule has 0 radical (unpaired) electrons. The number of rotatable bonds is 4. The fourth-order valence-electron chi connectivity index (χ4n) is 1.39. The molecule has 104 valence electrons. The van der Waals surface area contributed by atoms with Gasteiger partial charge in [0.1, 0.15) is 0 Å². The number of benzene rings is 1. The number of anilines is 1. The minimum Gasteiger partial charge on any atom is -0.449 e. The van der Waals surface area contributed by atoms with Crippen molar-refractivity contribution in [1.29, 1.82) is 0 Å². The monoisotopic (exact) mass is 284 g/mol. The Morgan fingerprint density at radius 1 is 1.32 bits per heavy atom. The van der Waals surface area contributed by atoms with Gasteiger partial charge < -0.3 is 15.8 Å². The van der Waals surface area contributed by atoms with Gasteiger partial charge in [-0.2, -0.15) is 0 Å². The van der Waals surface area contributed by atoms with E-state index in [9.17, 15) is 9.59 Å². The Balaban J connectivity index is 2.74. The molecule has 6 heteroatoms. The van der Waals surface area contributed by atoms with Crippen molar-refractivity contribution in [2.45, 2.75) is 32.9 Å². The molecule has 0 aliphatic rings. The summed E-state index contributed by atoms with van der Waals surface area (Å²) in [6, 6.07) is 4.64. The highest BCUT2D eigenvalue weighted by atomic mass is 35.5. The van der Waals surface area contributed by atoms with E-state index in [-0.39, 0.29) is 28.2 Å². The highest BCUT2D eigenvalue weighted by Gasteiger charge is 2.21. The van der Waals surface area contributed by atoms with Gasteiger partial charge in [0.05, 0.1) is 16.3 Å². The standard InChI is InChI=1S/C13H17ClN2O3/c1-7(2)16-12(17)8(3)19-13(18)9-5-4-6-10(15)11(9)14/h4-8H,15H2,1-3H3,(H,16,17). The molecule has 1 rings (SSSR count). The number of ether oxygens (including phenoxy) is 1. The lowest BCUT2D eigenvalue weighted by Gasteiger charge is -2.15. The zero-order valence-corrected chi connectivity index (χ0v) is 11.8. The molecule has 0 fully saturated rings. The van der Waals surface area contributed by atoms with Crippen molar-refractivity contribution in [2.75, 3.05) is 5.73 Å². The number of nitrogens with two attached hydrogens (primary N) is 1. The van der Waals surface area contributed by atoms with Crippen molar-refractivity contribution in [2.24, 2.45) is 0 Å². The summed E-state index contributed by atoms with van der Waals surface area (Å²) in [4.78, 5) is 23.5. The van der Waals surface area contributed by atoms with E-state index in [0.29, 0.717) is 0 Å². The van der Waals surface area contributed by atoms with Crippen molar-refractivity contribution in [3.63, 3.8) is 0 Å². The fraction of sp³-hybridized carbons (Fsp3) is 0.385. The van der Waals surface area contributed by atoms with Crippen LogP contribution in [0, 0.1) is 0 Å². The maximum Gasteiger partial charge on any atom is 0.340 e. The highest BCUT2D eigenvalue weighted by Crippen LogP contribution is 2.23. The van der Waals surface area contributed by atoms with Gasteiger partial charge >= 0.3 is 5.97 Å². The predicted molar refractivity (Wildman–Crippen MR) is 74.0 cm³/mol. The molecule has 3 N–H and O–H groups in total. The molecule has 0 bridgehead atoms. The van der Waals surface area contributed by atoms with Gasteiger partial charge in [0.25, 0.3) is 5.91 Å². The molecule has 1 atom stereocenters. The lowest BCUT2D eigenvalue weighted by molar-refractivity contribution is -0.129. The largest absolute Gasteiger partial charge is 0.449 e. The Kier molecular flexibility index (Phi) is 5.18. The molecule has 0 spiro atoms. The van der Waals surface area contributed by atoms with E-state index < -0.39 is 12.1 Å². The molecule has 1 amide bonds. The Labute approximate surface area is 117 Å². The summed E-state index contributed by atoms with van der Waals surface area (Å²) in [6.45, 7) is 5.14. The minimum atomic E-state index is -0.896. The summed E-state index contributed by atoms with van der Waals surface area (Å²) in [5, 5.41) is 2.78. The van der Waals surface area contributed by atoms with Gasteiger partial charge in [-0.15, -0.1) is 0 Å². The maximum absolute atomic E-state index is 11.9. The fourth-order valence-corrected chi connectivity index (χ4v) is 1.59. The van der Waals surface area contributed by atoms with E-state index in [1.807, 2.05) is 13.8 Å². The lowest BCUT2D eigenvalue weighted by atomic mass is 10.2. The third kappa shape index (κ3) is 4.13. The average Bonchev–Trinajstić information content (AvgIpc) is 2.31. The normalized spacial score (nSPS) is 12.1. The van der Waals surface area contributed by atoms with Crippen LogP contribution in [-0.2, 0) is 9.53 Å². The van der Waals surface area contributed by atoms with E-state index in [1.54, 1.807) is 12.1 Å². The Hall–Kier alpha value is -1.75. The van der Waals surface area contributed by atoms with E-state index in [0.717, 1.165) is 0 Å². The molecule has 19 heavy (non-hydrogen) atoms. The van der Waals surface area contributed by atoms with E-state index in [4.69, 9.17) is 22.1 Å². The first-order valence-electron chi connectivity index (χ1n) is 5.88. The summed E-state index contributed by atoms with van der Waals surface area (Å²) in [6.07, 6.45) is -0.896. The zero-order valence-electron chi connectivity index (χ0n) is 11.1. The number of carbonyl (C=O) groups excluding carboxylic acids is 2. The molecule has 0 saturated carbocycles. The number of amides is 1. The van der Waals surface area contributed by atoms with Crippen LogP contribution in [0.3, 0.4) is 0 Å². The second-order valence-electron chi connectivity index (χ2n) is 4.42. The van der Waals surface area contributed by atoms with Crippen molar-refractivity contribution in [3.05, 3.63) is 28.8 Å². The number of carbonyl (C=O) groups is 2. The molecule has 5 nitrogen and oxygen atoms in total. The summed E-state index contributed by atoms with van der Waals surface area (Å²) in [5.41, 5.74) is 6.03. The molecule has 1 aromatic rings. The van der Waals surface area contributed by atoms with Crippen LogP contribution in [0.2, 0.25) is 5.02 Å². The second kappa shape index (κ2) is 6.43. The molecule has 0 aliphatic heterocycles. The molecule has 0 aromatic heterocycles.